The highest BCUT2D eigenvalue weighted by Crippen LogP contribution is 2.26. The average molecular weight is 435 g/mol. The van der Waals surface area contributed by atoms with Crippen LogP contribution in [0.3, 0.4) is 0 Å². The van der Waals surface area contributed by atoms with Crippen molar-refractivity contribution in [3.8, 4) is 11.5 Å². The first-order chi connectivity index (χ1) is 15.6. The molecule has 1 amide bonds. The van der Waals surface area contributed by atoms with Gasteiger partial charge in [0.15, 0.2) is 5.69 Å². The third-order valence-corrected chi connectivity index (χ3v) is 5.80. The van der Waals surface area contributed by atoms with Crippen molar-refractivity contribution >= 4 is 5.91 Å². The van der Waals surface area contributed by atoms with E-state index in [0.29, 0.717) is 25.3 Å². The number of hydrogen-bond donors (Lipinski definition) is 1. The highest BCUT2D eigenvalue weighted by Gasteiger charge is 2.28. The predicted molar refractivity (Wildman–Crippen MR) is 123 cm³/mol. The number of ether oxygens (including phenoxy) is 2. The molecule has 0 atom stereocenters. The maximum absolute atomic E-state index is 12.8. The summed E-state index contributed by atoms with van der Waals surface area (Å²) in [6.07, 6.45) is 0.849. The second-order valence-corrected chi connectivity index (χ2v) is 7.95. The van der Waals surface area contributed by atoms with Crippen LogP contribution in [0.25, 0.3) is 0 Å². The molecule has 1 N–H and O–H groups in total. The topological polar surface area (TPSA) is 68.6 Å². The first-order valence-electron chi connectivity index (χ1n) is 11.0. The Kier molecular flexibility index (Phi) is 6.75. The normalized spacial score (nSPS) is 13.5. The zero-order chi connectivity index (χ0) is 22.5. The number of benzene rings is 2. The summed E-state index contributed by atoms with van der Waals surface area (Å²) in [6.45, 7) is 5.54. The Morgan fingerprint density at radius 3 is 2.53 bits per heavy atom. The van der Waals surface area contributed by atoms with E-state index in [1.54, 1.807) is 14.2 Å². The lowest BCUT2D eigenvalue weighted by atomic mass is 10.0. The van der Waals surface area contributed by atoms with Crippen LogP contribution < -0.4 is 14.8 Å². The second kappa shape index (κ2) is 9.87. The van der Waals surface area contributed by atoms with E-state index in [4.69, 9.17) is 14.6 Å². The van der Waals surface area contributed by atoms with Gasteiger partial charge < -0.3 is 14.8 Å². The molecule has 0 bridgehead atoms. The van der Waals surface area contributed by atoms with Crippen molar-refractivity contribution in [2.24, 2.45) is 0 Å². The molecule has 2 aromatic carbocycles. The van der Waals surface area contributed by atoms with E-state index < -0.39 is 0 Å². The maximum Gasteiger partial charge on any atom is 0.272 e. The third kappa shape index (κ3) is 4.78. The smallest absolute Gasteiger partial charge is 0.272 e. The first-order valence-corrected chi connectivity index (χ1v) is 11.0. The number of nitrogens with zero attached hydrogens (tertiary/aromatic N) is 3. The molecule has 168 valence electrons. The molecule has 1 aromatic heterocycles. The van der Waals surface area contributed by atoms with E-state index in [9.17, 15) is 4.79 Å². The second-order valence-electron chi connectivity index (χ2n) is 7.95. The summed E-state index contributed by atoms with van der Waals surface area (Å²) in [4.78, 5) is 15.1. The van der Waals surface area contributed by atoms with Crippen LogP contribution in [-0.4, -0.2) is 47.9 Å². The minimum atomic E-state index is -0.112. The molecule has 0 saturated carbocycles. The maximum atomic E-state index is 12.8. The van der Waals surface area contributed by atoms with Gasteiger partial charge >= 0.3 is 0 Å². The number of rotatable bonds is 8. The fourth-order valence-corrected chi connectivity index (χ4v) is 4.17. The van der Waals surface area contributed by atoms with Crippen LogP contribution in [0, 0.1) is 0 Å². The fraction of sp³-hybridized carbons (Fsp3) is 0.360. The van der Waals surface area contributed by atoms with Gasteiger partial charge in [-0.15, -0.1) is 0 Å². The van der Waals surface area contributed by atoms with Crippen LogP contribution in [-0.2, 0) is 26.1 Å². The summed E-state index contributed by atoms with van der Waals surface area (Å²) in [5.41, 5.74) is 5.01. The van der Waals surface area contributed by atoms with Gasteiger partial charge in [-0.05, 0) is 42.3 Å². The van der Waals surface area contributed by atoms with Crippen LogP contribution in [0.2, 0.25) is 0 Å². The van der Waals surface area contributed by atoms with Gasteiger partial charge in [-0.1, -0.05) is 24.3 Å². The molecule has 7 heteroatoms. The van der Waals surface area contributed by atoms with Gasteiger partial charge in [0.1, 0.15) is 11.5 Å². The Morgan fingerprint density at radius 2 is 1.81 bits per heavy atom. The molecule has 0 spiro atoms. The molecule has 3 aromatic rings. The first kappa shape index (κ1) is 21.9. The Hall–Kier alpha value is -3.32. The lowest BCUT2D eigenvalue weighted by Crippen LogP contribution is -2.32. The van der Waals surface area contributed by atoms with Gasteiger partial charge in [0.05, 0.1) is 20.8 Å². The van der Waals surface area contributed by atoms with E-state index in [0.717, 1.165) is 47.8 Å². The van der Waals surface area contributed by atoms with Crippen molar-refractivity contribution < 1.29 is 14.3 Å². The summed E-state index contributed by atoms with van der Waals surface area (Å²) in [6, 6.07) is 16.1. The summed E-state index contributed by atoms with van der Waals surface area (Å²) in [5, 5.41) is 7.66. The number of amides is 1. The van der Waals surface area contributed by atoms with Gasteiger partial charge in [0.2, 0.25) is 0 Å². The average Bonchev–Trinajstić information content (AvgIpc) is 3.17. The van der Waals surface area contributed by atoms with Crippen molar-refractivity contribution in [1.82, 2.24) is 20.0 Å². The molecule has 2 heterocycles. The Balaban J connectivity index is 1.59. The van der Waals surface area contributed by atoms with Crippen LogP contribution in [0.1, 0.15) is 39.8 Å². The van der Waals surface area contributed by atoms with Gasteiger partial charge in [-0.25, -0.2) is 0 Å². The zero-order valence-electron chi connectivity index (χ0n) is 18.9. The number of carbonyl (C=O) groups is 1. The van der Waals surface area contributed by atoms with Crippen molar-refractivity contribution in [3.05, 3.63) is 76.6 Å². The number of aromatic nitrogens is 2. The van der Waals surface area contributed by atoms with Crippen LogP contribution in [0.4, 0.5) is 0 Å². The Labute approximate surface area is 188 Å². The van der Waals surface area contributed by atoms with Gasteiger partial charge in [-0.2, -0.15) is 5.10 Å². The quantitative estimate of drug-likeness (QED) is 0.589. The zero-order valence-corrected chi connectivity index (χ0v) is 18.9. The van der Waals surface area contributed by atoms with Crippen LogP contribution in [0.5, 0.6) is 11.5 Å². The van der Waals surface area contributed by atoms with E-state index in [2.05, 4.69) is 28.4 Å². The molecule has 0 radical (unpaired) electrons. The Bertz CT molecular complexity index is 1080. The highest BCUT2D eigenvalue weighted by atomic mass is 16.5. The summed E-state index contributed by atoms with van der Waals surface area (Å²) < 4.78 is 12.6. The Morgan fingerprint density at radius 1 is 1.03 bits per heavy atom. The van der Waals surface area contributed by atoms with Crippen molar-refractivity contribution in [3.63, 3.8) is 0 Å². The summed E-state index contributed by atoms with van der Waals surface area (Å²) in [7, 11) is 3.34. The standard InChI is InChI=1S/C25H30N4O3/c1-4-26-25(30)24-22-17-28(15-18-8-10-20(31-2)11-9-18)13-12-23(22)29(27-24)16-19-6-5-7-21(14-19)32-3/h5-11,14H,4,12-13,15-17H2,1-3H3,(H,26,30). The molecule has 0 unspecified atom stereocenters. The van der Waals surface area contributed by atoms with E-state index in [1.807, 2.05) is 41.9 Å². The van der Waals surface area contributed by atoms with Crippen LogP contribution in [0.15, 0.2) is 48.5 Å². The van der Waals surface area contributed by atoms with Gasteiger partial charge in [0, 0.05) is 43.9 Å². The summed E-state index contributed by atoms with van der Waals surface area (Å²) >= 11 is 0. The number of carbonyl (C=O) groups excluding carboxylic acids is 1. The molecule has 0 fully saturated rings. The molecular formula is C25H30N4O3. The van der Waals surface area contributed by atoms with Crippen molar-refractivity contribution in [2.75, 3.05) is 27.3 Å². The predicted octanol–water partition coefficient (Wildman–Crippen LogP) is 3.26. The molecule has 1 aliphatic rings. The minimum Gasteiger partial charge on any atom is -0.497 e. The fourth-order valence-electron chi connectivity index (χ4n) is 4.17. The number of methoxy groups -OCH3 is 2. The lowest BCUT2D eigenvalue weighted by Gasteiger charge is -2.28. The van der Waals surface area contributed by atoms with Crippen molar-refractivity contribution in [1.29, 1.82) is 0 Å². The monoisotopic (exact) mass is 434 g/mol. The van der Waals surface area contributed by atoms with Crippen LogP contribution >= 0.6 is 0 Å². The molecule has 4 rings (SSSR count). The number of nitrogens with one attached hydrogen (secondary N) is 1. The SMILES string of the molecule is CCNC(=O)c1nn(Cc2cccc(OC)c2)c2c1CN(Cc1ccc(OC)cc1)CC2. The molecule has 32 heavy (non-hydrogen) atoms. The highest BCUT2D eigenvalue weighted by molar-refractivity contribution is 5.94. The van der Waals surface area contributed by atoms with Crippen molar-refractivity contribution in [2.45, 2.75) is 33.0 Å². The molecular weight excluding hydrogens is 404 g/mol. The molecule has 7 nitrogen and oxygen atoms in total. The summed E-state index contributed by atoms with van der Waals surface area (Å²) in [5.74, 6) is 1.56. The molecule has 0 saturated heterocycles. The molecule has 0 aliphatic carbocycles. The van der Waals surface area contributed by atoms with E-state index in [-0.39, 0.29) is 5.91 Å². The third-order valence-electron chi connectivity index (χ3n) is 5.80. The minimum absolute atomic E-state index is 0.112. The number of fused-ring (bicyclic) bond motifs is 1. The molecule has 1 aliphatic heterocycles. The van der Waals surface area contributed by atoms with E-state index >= 15 is 0 Å². The largest absolute Gasteiger partial charge is 0.497 e. The lowest BCUT2D eigenvalue weighted by molar-refractivity contribution is 0.0947. The van der Waals surface area contributed by atoms with E-state index in [1.165, 1.54) is 5.56 Å². The van der Waals surface area contributed by atoms with Gasteiger partial charge in [0.25, 0.3) is 5.91 Å². The van der Waals surface area contributed by atoms with Gasteiger partial charge in [-0.3, -0.25) is 14.4 Å². The number of hydrogen-bond acceptors (Lipinski definition) is 5.